The molecule has 1 aromatic heterocycles. The number of nitrogens with one attached hydrogen (secondary N) is 1. The lowest BCUT2D eigenvalue weighted by Crippen LogP contribution is -2.24. The summed E-state index contributed by atoms with van der Waals surface area (Å²) in [6, 6.07) is 10.1. The number of phenolic OH excluding ortho intramolecular Hbond substituents is 1. The van der Waals surface area contributed by atoms with Crippen LogP contribution in [0.4, 0.5) is 13.2 Å². The first-order chi connectivity index (χ1) is 14.5. The molecule has 1 amide bonds. The number of benzene rings is 2. The molecule has 0 aliphatic carbocycles. The molecule has 0 saturated carbocycles. The van der Waals surface area contributed by atoms with Crippen molar-refractivity contribution in [3.8, 4) is 16.9 Å². The highest BCUT2D eigenvalue weighted by Gasteiger charge is 2.32. The molecule has 0 unspecified atom stereocenters. The molecule has 0 fully saturated rings. The van der Waals surface area contributed by atoms with Crippen LogP contribution in [0.1, 0.15) is 21.5 Å². The van der Waals surface area contributed by atoms with Gasteiger partial charge in [0.15, 0.2) is 9.84 Å². The Morgan fingerprint density at radius 3 is 2.45 bits per heavy atom. The Morgan fingerprint density at radius 2 is 1.81 bits per heavy atom. The number of sulfone groups is 1. The van der Waals surface area contributed by atoms with Crippen LogP contribution in [-0.2, 0) is 22.6 Å². The van der Waals surface area contributed by atoms with E-state index < -0.39 is 37.9 Å². The number of carbonyl (C=O) groups is 1. The van der Waals surface area contributed by atoms with Crippen molar-refractivity contribution < 1.29 is 31.5 Å². The number of para-hydroxylation sites is 1. The number of pyridine rings is 1. The van der Waals surface area contributed by atoms with Crippen LogP contribution in [0.25, 0.3) is 11.1 Å². The highest BCUT2D eigenvalue weighted by molar-refractivity contribution is 7.90. The number of hydrogen-bond donors (Lipinski definition) is 2. The number of rotatable bonds is 5. The molecule has 0 spiro atoms. The van der Waals surface area contributed by atoms with Gasteiger partial charge in [0.25, 0.3) is 5.91 Å². The summed E-state index contributed by atoms with van der Waals surface area (Å²) in [5, 5.41) is 12.6. The maximum Gasteiger partial charge on any atom is 0.416 e. The van der Waals surface area contributed by atoms with Crippen molar-refractivity contribution in [1.29, 1.82) is 0 Å². The zero-order valence-electron chi connectivity index (χ0n) is 16.1. The molecule has 0 saturated heterocycles. The van der Waals surface area contributed by atoms with Crippen LogP contribution >= 0.6 is 0 Å². The number of halogens is 3. The summed E-state index contributed by atoms with van der Waals surface area (Å²) in [7, 11) is -3.97. The third-order valence-electron chi connectivity index (χ3n) is 4.46. The summed E-state index contributed by atoms with van der Waals surface area (Å²) < 4.78 is 63.0. The molecule has 1 heterocycles. The highest BCUT2D eigenvalue weighted by atomic mass is 32.2. The van der Waals surface area contributed by atoms with Crippen LogP contribution in [0.5, 0.6) is 5.75 Å². The minimum absolute atomic E-state index is 0.0111. The van der Waals surface area contributed by atoms with E-state index in [1.165, 1.54) is 18.5 Å². The van der Waals surface area contributed by atoms with Crippen LogP contribution in [0.2, 0.25) is 0 Å². The molecule has 31 heavy (non-hydrogen) atoms. The largest absolute Gasteiger partial charge is 0.507 e. The quantitative estimate of drug-likeness (QED) is 0.616. The molecule has 10 heteroatoms. The summed E-state index contributed by atoms with van der Waals surface area (Å²) >= 11 is 0. The number of alkyl halides is 3. The molecule has 3 aromatic rings. The number of aromatic nitrogens is 1. The number of amides is 1. The van der Waals surface area contributed by atoms with Crippen molar-refractivity contribution >= 4 is 15.7 Å². The summed E-state index contributed by atoms with van der Waals surface area (Å²) in [6.45, 7) is -0.110. The van der Waals surface area contributed by atoms with E-state index in [0.29, 0.717) is 28.8 Å². The van der Waals surface area contributed by atoms with Crippen LogP contribution in [0.3, 0.4) is 0 Å². The molecule has 0 radical (unpaired) electrons. The summed E-state index contributed by atoms with van der Waals surface area (Å²) in [4.78, 5) is 15.9. The Morgan fingerprint density at radius 1 is 1.10 bits per heavy atom. The number of carbonyl (C=O) groups excluding carboxylic acids is 1. The summed E-state index contributed by atoms with van der Waals surface area (Å²) in [5.41, 5.74) is -0.102. The van der Waals surface area contributed by atoms with Crippen LogP contribution in [0.15, 0.2) is 65.8 Å². The van der Waals surface area contributed by atoms with E-state index in [-0.39, 0.29) is 12.3 Å². The Hall–Kier alpha value is -3.40. The van der Waals surface area contributed by atoms with E-state index >= 15 is 0 Å². The molecule has 0 aliphatic heterocycles. The predicted molar refractivity (Wildman–Crippen MR) is 107 cm³/mol. The molecule has 0 atom stereocenters. The highest BCUT2D eigenvalue weighted by Crippen LogP contribution is 2.32. The Bertz CT molecular complexity index is 1240. The van der Waals surface area contributed by atoms with E-state index in [2.05, 4.69) is 10.3 Å². The first-order valence-electron chi connectivity index (χ1n) is 8.88. The fourth-order valence-corrected chi connectivity index (χ4v) is 3.60. The smallest absolute Gasteiger partial charge is 0.416 e. The monoisotopic (exact) mass is 450 g/mol. The van der Waals surface area contributed by atoms with Gasteiger partial charge in [0, 0.05) is 36.3 Å². The van der Waals surface area contributed by atoms with Gasteiger partial charge in [-0.05, 0) is 41.5 Å². The van der Waals surface area contributed by atoms with Gasteiger partial charge in [0.05, 0.1) is 10.5 Å². The first-order valence-corrected chi connectivity index (χ1v) is 10.8. The number of hydrogen-bond acceptors (Lipinski definition) is 5. The van der Waals surface area contributed by atoms with Crippen molar-refractivity contribution in [1.82, 2.24) is 10.3 Å². The number of nitrogens with zero attached hydrogens (tertiary/aromatic N) is 1. The zero-order valence-corrected chi connectivity index (χ0v) is 17.0. The maximum atomic E-state index is 13.2. The standard InChI is InChI=1S/C21H17F3N2O4S/c1-31(29,30)16-9-13(8-15(10-16)21(22,23)24)20(28)26-12-14-11-25-7-6-17(14)18-4-2-3-5-19(18)27/h2-11,27H,12H2,1H3,(H,26,28). The van der Waals surface area contributed by atoms with Crippen LogP contribution < -0.4 is 5.32 Å². The van der Waals surface area contributed by atoms with Gasteiger partial charge < -0.3 is 10.4 Å². The van der Waals surface area contributed by atoms with E-state index in [1.54, 1.807) is 24.3 Å². The Kier molecular flexibility index (Phi) is 6.03. The van der Waals surface area contributed by atoms with Crippen molar-refractivity contribution in [2.45, 2.75) is 17.6 Å². The van der Waals surface area contributed by atoms with Gasteiger partial charge in [-0.15, -0.1) is 0 Å². The molecule has 3 rings (SSSR count). The van der Waals surface area contributed by atoms with Gasteiger partial charge >= 0.3 is 6.18 Å². The normalized spacial score (nSPS) is 11.9. The minimum Gasteiger partial charge on any atom is -0.507 e. The van der Waals surface area contributed by atoms with Crippen molar-refractivity contribution in [3.63, 3.8) is 0 Å². The topological polar surface area (TPSA) is 96.4 Å². The van der Waals surface area contributed by atoms with Crippen LogP contribution in [0, 0.1) is 0 Å². The molecule has 0 aliphatic rings. The first kappa shape index (κ1) is 22.3. The molecule has 2 aromatic carbocycles. The summed E-state index contributed by atoms with van der Waals surface area (Å²) in [6.07, 6.45) is -1.11. The van der Waals surface area contributed by atoms with Crippen molar-refractivity contribution in [2.24, 2.45) is 0 Å². The molecular weight excluding hydrogens is 433 g/mol. The third-order valence-corrected chi connectivity index (χ3v) is 5.55. The summed E-state index contributed by atoms with van der Waals surface area (Å²) in [5.74, 6) is -0.875. The van der Waals surface area contributed by atoms with Gasteiger partial charge in [-0.2, -0.15) is 13.2 Å². The third kappa shape index (κ3) is 5.21. The SMILES string of the molecule is CS(=O)(=O)c1cc(C(=O)NCc2cnccc2-c2ccccc2O)cc(C(F)(F)F)c1. The molecular formula is C21H17F3N2O4S. The van der Waals surface area contributed by atoms with Gasteiger partial charge in [-0.3, -0.25) is 9.78 Å². The molecule has 0 bridgehead atoms. The van der Waals surface area contributed by atoms with Crippen molar-refractivity contribution in [2.75, 3.05) is 6.26 Å². The van der Waals surface area contributed by atoms with E-state index in [0.717, 1.165) is 12.3 Å². The lowest BCUT2D eigenvalue weighted by atomic mass is 10.0. The van der Waals surface area contributed by atoms with Gasteiger partial charge in [-0.25, -0.2) is 8.42 Å². The van der Waals surface area contributed by atoms with Gasteiger partial charge in [0.2, 0.25) is 0 Å². The second kappa shape index (κ2) is 8.38. The fourth-order valence-electron chi connectivity index (χ4n) is 2.92. The predicted octanol–water partition coefficient (Wildman–Crippen LogP) is 3.81. The van der Waals surface area contributed by atoms with E-state index in [1.807, 2.05) is 0 Å². The Balaban J connectivity index is 1.91. The van der Waals surface area contributed by atoms with E-state index in [4.69, 9.17) is 0 Å². The number of aromatic hydroxyl groups is 1. The average Bonchev–Trinajstić information content (AvgIpc) is 2.71. The zero-order chi connectivity index (χ0) is 22.8. The maximum absolute atomic E-state index is 13.2. The average molecular weight is 450 g/mol. The second-order valence-corrected chi connectivity index (χ2v) is 8.76. The Labute approximate surface area is 176 Å². The molecule has 2 N–H and O–H groups in total. The molecule has 162 valence electrons. The van der Waals surface area contributed by atoms with Gasteiger partial charge in [0.1, 0.15) is 5.75 Å². The van der Waals surface area contributed by atoms with Gasteiger partial charge in [-0.1, -0.05) is 18.2 Å². The minimum atomic E-state index is -4.82. The number of phenols is 1. The van der Waals surface area contributed by atoms with E-state index in [9.17, 15) is 31.5 Å². The molecule has 6 nitrogen and oxygen atoms in total. The van der Waals surface area contributed by atoms with Crippen LogP contribution in [-0.4, -0.2) is 30.7 Å². The lowest BCUT2D eigenvalue weighted by molar-refractivity contribution is -0.137. The lowest BCUT2D eigenvalue weighted by Gasteiger charge is -2.13. The fraction of sp³-hybridized carbons (Fsp3) is 0.143. The van der Waals surface area contributed by atoms with Crippen molar-refractivity contribution in [3.05, 3.63) is 77.6 Å². The second-order valence-electron chi connectivity index (χ2n) is 6.75.